The van der Waals surface area contributed by atoms with Crippen LogP contribution in [0.25, 0.3) is 0 Å². The highest BCUT2D eigenvalue weighted by atomic mass is 16.3. The number of rotatable bonds is 8. The zero-order valence-electron chi connectivity index (χ0n) is 14.0. The lowest BCUT2D eigenvalue weighted by atomic mass is 9.92. The van der Waals surface area contributed by atoms with Crippen molar-refractivity contribution in [3.8, 4) is 0 Å². The lowest BCUT2D eigenvalue weighted by Gasteiger charge is -2.24. The summed E-state index contributed by atoms with van der Waals surface area (Å²) >= 11 is 0. The minimum Gasteiger partial charge on any atom is -0.396 e. The zero-order chi connectivity index (χ0) is 17.4. The van der Waals surface area contributed by atoms with Crippen molar-refractivity contribution in [2.45, 2.75) is 31.3 Å². The van der Waals surface area contributed by atoms with Crippen LogP contribution in [0.5, 0.6) is 0 Å². The highest BCUT2D eigenvalue weighted by Gasteiger charge is 2.26. The highest BCUT2D eigenvalue weighted by molar-refractivity contribution is 5.77. The summed E-state index contributed by atoms with van der Waals surface area (Å²) in [6.45, 7) is 2.15. The molecule has 3 N–H and O–H groups in total. The molecule has 0 aliphatic rings. The number of aliphatic hydroxyl groups excluding tert-OH is 1. The second kappa shape index (κ2) is 8.62. The van der Waals surface area contributed by atoms with Gasteiger partial charge in [-0.2, -0.15) is 0 Å². The van der Waals surface area contributed by atoms with Crippen molar-refractivity contribution in [3.63, 3.8) is 0 Å². The van der Waals surface area contributed by atoms with E-state index in [-0.39, 0.29) is 24.9 Å². The van der Waals surface area contributed by atoms with Crippen LogP contribution < -0.4 is 5.32 Å². The Hall–Kier alpha value is -2.17. The molecule has 1 amide bonds. The number of carbonyl (C=O) groups excluding carboxylic acids is 1. The summed E-state index contributed by atoms with van der Waals surface area (Å²) in [7, 11) is 0. The molecular weight excluding hydrogens is 302 g/mol. The molecule has 0 saturated heterocycles. The standard InChI is InChI=1S/C20H25NO3/c1-20(24,18-10-6-3-7-11-18)14-19(23)21-15-17(12-13-22)16-8-4-2-5-9-16/h2-11,17,22,24H,12-15H2,1H3,(H,21,23). The van der Waals surface area contributed by atoms with E-state index in [1.165, 1.54) is 0 Å². The van der Waals surface area contributed by atoms with E-state index in [0.717, 1.165) is 11.1 Å². The van der Waals surface area contributed by atoms with Gasteiger partial charge in [0.2, 0.25) is 5.91 Å². The average molecular weight is 327 g/mol. The van der Waals surface area contributed by atoms with Gasteiger partial charge in [0.1, 0.15) is 0 Å². The van der Waals surface area contributed by atoms with Gasteiger partial charge in [0.05, 0.1) is 12.0 Å². The van der Waals surface area contributed by atoms with Gasteiger partial charge in [0.15, 0.2) is 0 Å². The molecule has 2 aromatic rings. The number of hydrogen-bond donors (Lipinski definition) is 3. The Labute approximate surface area is 143 Å². The molecular formula is C20H25NO3. The molecule has 0 heterocycles. The fourth-order valence-electron chi connectivity index (χ4n) is 2.78. The van der Waals surface area contributed by atoms with E-state index in [1.807, 2.05) is 60.7 Å². The van der Waals surface area contributed by atoms with E-state index in [9.17, 15) is 15.0 Å². The molecule has 4 heteroatoms. The fraction of sp³-hybridized carbons (Fsp3) is 0.350. The normalized spacial score (nSPS) is 14.6. The van der Waals surface area contributed by atoms with E-state index < -0.39 is 5.60 Å². The van der Waals surface area contributed by atoms with Gasteiger partial charge in [-0.15, -0.1) is 0 Å². The predicted molar refractivity (Wildman–Crippen MR) is 94.5 cm³/mol. The SMILES string of the molecule is CC(O)(CC(=O)NCC(CCO)c1ccccc1)c1ccccc1. The van der Waals surface area contributed by atoms with Crippen molar-refractivity contribution < 1.29 is 15.0 Å². The van der Waals surface area contributed by atoms with Crippen LogP contribution in [0.1, 0.15) is 36.8 Å². The first-order valence-corrected chi connectivity index (χ1v) is 8.23. The lowest BCUT2D eigenvalue weighted by Crippen LogP contribution is -2.35. The summed E-state index contributed by atoms with van der Waals surface area (Å²) < 4.78 is 0. The first-order valence-electron chi connectivity index (χ1n) is 8.23. The summed E-state index contributed by atoms with van der Waals surface area (Å²) in [4.78, 5) is 12.2. The Bertz CT molecular complexity index is 626. The molecule has 2 atom stereocenters. The van der Waals surface area contributed by atoms with E-state index >= 15 is 0 Å². The molecule has 0 aromatic heterocycles. The van der Waals surface area contributed by atoms with Crippen LogP contribution in [-0.2, 0) is 10.4 Å². The Balaban J connectivity index is 1.94. The quantitative estimate of drug-likeness (QED) is 0.698. The third kappa shape index (κ3) is 5.18. The molecule has 4 nitrogen and oxygen atoms in total. The smallest absolute Gasteiger partial charge is 0.223 e. The van der Waals surface area contributed by atoms with Crippen LogP contribution >= 0.6 is 0 Å². The lowest BCUT2D eigenvalue weighted by molar-refractivity contribution is -0.125. The number of aliphatic hydroxyl groups is 2. The summed E-state index contributed by atoms with van der Waals surface area (Å²) in [5, 5.41) is 22.7. The van der Waals surface area contributed by atoms with Crippen LogP contribution in [-0.4, -0.2) is 29.3 Å². The summed E-state index contributed by atoms with van der Waals surface area (Å²) in [5.41, 5.74) is 0.599. The highest BCUT2D eigenvalue weighted by Crippen LogP contribution is 2.24. The van der Waals surface area contributed by atoms with Gasteiger partial charge in [0.25, 0.3) is 0 Å². The number of nitrogens with one attached hydrogen (secondary N) is 1. The zero-order valence-corrected chi connectivity index (χ0v) is 14.0. The maximum atomic E-state index is 12.2. The third-order valence-electron chi connectivity index (χ3n) is 4.19. The van der Waals surface area contributed by atoms with E-state index in [0.29, 0.717) is 13.0 Å². The van der Waals surface area contributed by atoms with Gasteiger partial charge >= 0.3 is 0 Å². The van der Waals surface area contributed by atoms with Gasteiger partial charge in [0, 0.05) is 19.1 Å². The Kier molecular flexibility index (Phi) is 6.53. The van der Waals surface area contributed by atoms with Crippen molar-refractivity contribution in [3.05, 3.63) is 71.8 Å². The van der Waals surface area contributed by atoms with Crippen molar-refractivity contribution in [2.24, 2.45) is 0 Å². The van der Waals surface area contributed by atoms with Gasteiger partial charge in [-0.1, -0.05) is 60.7 Å². The van der Waals surface area contributed by atoms with Crippen LogP contribution in [0.15, 0.2) is 60.7 Å². The maximum absolute atomic E-state index is 12.2. The van der Waals surface area contributed by atoms with Crippen LogP contribution in [0, 0.1) is 0 Å². The molecule has 0 fully saturated rings. The van der Waals surface area contributed by atoms with Crippen molar-refractivity contribution in [1.82, 2.24) is 5.32 Å². The Morgan fingerprint density at radius 3 is 2.25 bits per heavy atom. The van der Waals surface area contributed by atoms with Crippen LogP contribution in [0.4, 0.5) is 0 Å². The van der Waals surface area contributed by atoms with Gasteiger partial charge in [-0.05, 0) is 24.5 Å². The second-order valence-electron chi connectivity index (χ2n) is 6.24. The molecule has 128 valence electrons. The molecule has 24 heavy (non-hydrogen) atoms. The molecule has 2 unspecified atom stereocenters. The number of amides is 1. The first-order chi connectivity index (χ1) is 11.5. The van der Waals surface area contributed by atoms with Crippen molar-refractivity contribution in [1.29, 1.82) is 0 Å². The number of benzene rings is 2. The fourth-order valence-corrected chi connectivity index (χ4v) is 2.78. The predicted octanol–water partition coefficient (Wildman–Crippen LogP) is 2.57. The minimum atomic E-state index is -1.20. The Morgan fingerprint density at radius 2 is 1.67 bits per heavy atom. The first kappa shape index (κ1) is 18.2. The monoisotopic (exact) mass is 327 g/mol. The third-order valence-corrected chi connectivity index (χ3v) is 4.19. The van der Waals surface area contributed by atoms with Gasteiger partial charge < -0.3 is 15.5 Å². The Morgan fingerprint density at radius 1 is 1.08 bits per heavy atom. The molecule has 0 bridgehead atoms. The van der Waals surface area contributed by atoms with Gasteiger partial charge in [-0.3, -0.25) is 4.79 Å². The van der Waals surface area contributed by atoms with Crippen LogP contribution in [0.2, 0.25) is 0 Å². The average Bonchev–Trinajstić information content (AvgIpc) is 2.60. The van der Waals surface area contributed by atoms with Crippen molar-refractivity contribution >= 4 is 5.91 Å². The molecule has 0 aliphatic heterocycles. The summed E-state index contributed by atoms with van der Waals surface area (Å²) in [6.07, 6.45) is 0.580. The summed E-state index contributed by atoms with van der Waals surface area (Å²) in [6, 6.07) is 19.0. The second-order valence-corrected chi connectivity index (χ2v) is 6.24. The topological polar surface area (TPSA) is 69.6 Å². The molecule has 2 rings (SSSR count). The van der Waals surface area contributed by atoms with E-state index in [1.54, 1.807) is 6.92 Å². The summed E-state index contributed by atoms with van der Waals surface area (Å²) in [5.74, 6) is -0.149. The maximum Gasteiger partial charge on any atom is 0.223 e. The number of hydrogen-bond acceptors (Lipinski definition) is 3. The largest absolute Gasteiger partial charge is 0.396 e. The minimum absolute atomic E-state index is 0.00233. The molecule has 2 aromatic carbocycles. The van der Waals surface area contributed by atoms with E-state index in [2.05, 4.69) is 5.32 Å². The number of carbonyl (C=O) groups is 1. The van der Waals surface area contributed by atoms with E-state index in [4.69, 9.17) is 0 Å². The molecule has 0 radical (unpaired) electrons. The molecule has 0 spiro atoms. The van der Waals surface area contributed by atoms with Gasteiger partial charge in [-0.25, -0.2) is 0 Å². The van der Waals surface area contributed by atoms with Crippen LogP contribution in [0.3, 0.4) is 0 Å². The molecule has 0 aliphatic carbocycles. The van der Waals surface area contributed by atoms with Crippen molar-refractivity contribution in [2.75, 3.05) is 13.2 Å². The molecule has 0 saturated carbocycles.